The minimum Gasteiger partial charge on any atom is -0.489 e. The van der Waals surface area contributed by atoms with E-state index in [9.17, 15) is 0 Å². The third-order valence-electron chi connectivity index (χ3n) is 4.13. The van der Waals surface area contributed by atoms with Crippen LogP contribution in [0.3, 0.4) is 0 Å². The summed E-state index contributed by atoms with van der Waals surface area (Å²) in [6, 6.07) is 17.1. The molecule has 1 heteroatoms. The summed E-state index contributed by atoms with van der Waals surface area (Å²) in [6.45, 7) is 6.85. The first-order valence-electron chi connectivity index (χ1n) is 7.21. The molecule has 0 radical (unpaired) electrons. The van der Waals surface area contributed by atoms with E-state index in [4.69, 9.17) is 4.74 Å². The summed E-state index contributed by atoms with van der Waals surface area (Å²) in [5.41, 5.74) is 3.99. The maximum absolute atomic E-state index is 6.01. The number of allylic oxidation sites excluding steroid dienone is 1. The molecule has 2 atom stereocenters. The Labute approximate surface area is 120 Å². The minimum absolute atomic E-state index is 0.378. The zero-order valence-electron chi connectivity index (χ0n) is 11.9. The maximum atomic E-state index is 6.01. The first-order chi connectivity index (χ1) is 9.81. The summed E-state index contributed by atoms with van der Waals surface area (Å²) >= 11 is 0. The Kier molecular flexibility index (Phi) is 3.60. The van der Waals surface area contributed by atoms with Crippen molar-refractivity contribution in [1.29, 1.82) is 0 Å². The van der Waals surface area contributed by atoms with Gasteiger partial charge < -0.3 is 4.74 Å². The summed E-state index contributed by atoms with van der Waals surface area (Å²) in [5, 5.41) is 0. The number of para-hydroxylation sites is 1. The van der Waals surface area contributed by atoms with Crippen molar-refractivity contribution < 1.29 is 4.74 Å². The van der Waals surface area contributed by atoms with Gasteiger partial charge in [-0.3, -0.25) is 0 Å². The van der Waals surface area contributed by atoms with Crippen LogP contribution in [-0.2, 0) is 6.61 Å². The Hall–Kier alpha value is -2.02. The lowest BCUT2D eigenvalue weighted by atomic mass is 9.78. The van der Waals surface area contributed by atoms with Gasteiger partial charge in [0, 0.05) is 11.5 Å². The monoisotopic (exact) mass is 264 g/mol. The van der Waals surface area contributed by atoms with Crippen LogP contribution in [0.15, 0.2) is 61.2 Å². The second kappa shape index (κ2) is 5.54. The van der Waals surface area contributed by atoms with Crippen LogP contribution in [0.1, 0.15) is 36.0 Å². The largest absolute Gasteiger partial charge is 0.489 e. The molecule has 1 aliphatic rings. The van der Waals surface area contributed by atoms with Crippen LogP contribution in [0, 0.1) is 5.92 Å². The predicted octanol–water partition coefficient (Wildman–Crippen LogP) is 4.92. The highest BCUT2D eigenvalue weighted by molar-refractivity contribution is 5.47. The fourth-order valence-corrected chi connectivity index (χ4v) is 3.17. The van der Waals surface area contributed by atoms with Crippen LogP contribution in [0.4, 0.5) is 0 Å². The number of rotatable bonds is 3. The van der Waals surface area contributed by atoms with E-state index >= 15 is 0 Å². The SMILES string of the molecule is C=CCC(C)C1c2ccccc2COc2ccccc21. The molecule has 0 fully saturated rings. The molecule has 20 heavy (non-hydrogen) atoms. The van der Waals surface area contributed by atoms with E-state index in [0.29, 0.717) is 18.4 Å². The van der Waals surface area contributed by atoms with Gasteiger partial charge in [0.1, 0.15) is 12.4 Å². The lowest BCUT2D eigenvalue weighted by Gasteiger charge is -2.24. The molecule has 2 aromatic carbocycles. The van der Waals surface area contributed by atoms with E-state index in [1.165, 1.54) is 16.7 Å². The van der Waals surface area contributed by atoms with Crippen molar-refractivity contribution in [2.24, 2.45) is 5.92 Å². The number of ether oxygens (including phenoxy) is 1. The lowest BCUT2D eigenvalue weighted by molar-refractivity contribution is 0.306. The molecule has 1 nitrogen and oxygen atoms in total. The summed E-state index contributed by atoms with van der Waals surface area (Å²) in [4.78, 5) is 0. The summed E-state index contributed by atoms with van der Waals surface area (Å²) in [7, 11) is 0. The van der Waals surface area contributed by atoms with Crippen molar-refractivity contribution in [2.75, 3.05) is 0 Å². The van der Waals surface area contributed by atoms with Gasteiger partial charge in [-0.05, 0) is 29.5 Å². The van der Waals surface area contributed by atoms with Crippen molar-refractivity contribution in [2.45, 2.75) is 25.9 Å². The predicted molar refractivity (Wildman–Crippen MR) is 83.0 cm³/mol. The summed E-state index contributed by atoms with van der Waals surface area (Å²) < 4.78 is 6.01. The maximum Gasteiger partial charge on any atom is 0.123 e. The van der Waals surface area contributed by atoms with Crippen LogP contribution in [-0.4, -0.2) is 0 Å². The Morgan fingerprint density at radius 1 is 1.15 bits per heavy atom. The third-order valence-corrected chi connectivity index (χ3v) is 4.13. The van der Waals surface area contributed by atoms with Crippen LogP contribution in [0.5, 0.6) is 5.75 Å². The highest BCUT2D eigenvalue weighted by Crippen LogP contribution is 2.42. The second-order valence-electron chi connectivity index (χ2n) is 5.50. The van der Waals surface area contributed by atoms with Crippen molar-refractivity contribution in [3.05, 3.63) is 77.9 Å². The molecule has 0 saturated carbocycles. The topological polar surface area (TPSA) is 9.23 Å². The first-order valence-corrected chi connectivity index (χ1v) is 7.21. The molecule has 1 aliphatic heterocycles. The Morgan fingerprint density at radius 3 is 2.65 bits per heavy atom. The second-order valence-corrected chi connectivity index (χ2v) is 5.50. The van der Waals surface area contributed by atoms with E-state index in [1.807, 2.05) is 12.1 Å². The molecular weight excluding hydrogens is 244 g/mol. The van der Waals surface area contributed by atoms with E-state index in [1.54, 1.807) is 0 Å². The van der Waals surface area contributed by atoms with Crippen molar-refractivity contribution in [3.8, 4) is 5.75 Å². The third kappa shape index (κ3) is 2.24. The normalized spacial score (nSPS) is 18.1. The van der Waals surface area contributed by atoms with Crippen molar-refractivity contribution >= 4 is 0 Å². The van der Waals surface area contributed by atoms with Gasteiger partial charge in [-0.1, -0.05) is 55.5 Å². The van der Waals surface area contributed by atoms with Gasteiger partial charge in [0.25, 0.3) is 0 Å². The number of fused-ring (bicyclic) bond motifs is 2. The lowest BCUT2D eigenvalue weighted by Crippen LogP contribution is -2.11. The molecular formula is C19H20O. The number of benzene rings is 2. The highest BCUT2D eigenvalue weighted by atomic mass is 16.5. The van der Waals surface area contributed by atoms with E-state index in [-0.39, 0.29) is 0 Å². The Morgan fingerprint density at radius 2 is 1.85 bits per heavy atom. The van der Waals surface area contributed by atoms with Crippen LogP contribution in [0.2, 0.25) is 0 Å². The molecule has 102 valence electrons. The zero-order valence-corrected chi connectivity index (χ0v) is 11.9. The Bertz CT molecular complexity index is 567. The number of hydrogen-bond acceptors (Lipinski definition) is 1. The van der Waals surface area contributed by atoms with E-state index in [2.05, 4.69) is 56.0 Å². The van der Waals surface area contributed by atoms with Crippen molar-refractivity contribution in [3.63, 3.8) is 0 Å². The van der Waals surface area contributed by atoms with Gasteiger partial charge in [0.2, 0.25) is 0 Å². The van der Waals surface area contributed by atoms with E-state index < -0.39 is 0 Å². The molecule has 2 unspecified atom stereocenters. The summed E-state index contributed by atoms with van der Waals surface area (Å²) in [6.07, 6.45) is 3.02. The quantitative estimate of drug-likeness (QED) is 0.715. The van der Waals surface area contributed by atoms with Crippen LogP contribution < -0.4 is 4.74 Å². The average Bonchev–Trinajstić information content (AvgIpc) is 2.64. The zero-order chi connectivity index (χ0) is 13.9. The molecule has 1 heterocycles. The highest BCUT2D eigenvalue weighted by Gasteiger charge is 2.27. The van der Waals surface area contributed by atoms with Gasteiger partial charge in [0.15, 0.2) is 0 Å². The smallest absolute Gasteiger partial charge is 0.123 e. The molecule has 0 aliphatic carbocycles. The van der Waals surface area contributed by atoms with Gasteiger partial charge in [-0.2, -0.15) is 0 Å². The molecule has 0 saturated heterocycles. The molecule has 0 N–H and O–H groups in total. The molecule has 3 rings (SSSR count). The fraction of sp³-hybridized carbons (Fsp3) is 0.263. The standard InChI is InChI=1S/C19H20O/c1-3-8-14(2)19-16-10-5-4-9-15(16)13-20-18-12-7-6-11-17(18)19/h3-7,9-12,14,19H,1,8,13H2,2H3. The molecule has 0 amide bonds. The van der Waals surface area contributed by atoms with Gasteiger partial charge in [-0.25, -0.2) is 0 Å². The van der Waals surface area contributed by atoms with Crippen LogP contribution >= 0.6 is 0 Å². The van der Waals surface area contributed by atoms with Crippen molar-refractivity contribution in [1.82, 2.24) is 0 Å². The summed E-state index contributed by atoms with van der Waals surface area (Å²) in [5.74, 6) is 1.91. The average molecular weight is 264 g/mol. The Balaban J connectivity index is 2.16. The molecule has 0 aromatic heterocycles. The minimum atomic E-state index is 0.378. The van der Waals surface area contributed by atoms with Crippen LogP contribution in [0.25, 0.3) is 0 Å². The van der Waals surface area contributed by atoms with E-state index in [0.717, 1.165) is 12.2 Å². The van der Waals surface area contributed by atoms with Gasteiger partial charge >= 0.3 is 0 Å². The van der Waals surface area contributed by atoms with Gasteiger partial charge in [-0.15, -0.1) is 6.58 Å². The fourth-order valence-electron chi connectivity index (χ4n) is 3.17. The first kappa shape index (κ1) is 13.0. The molecule has 0 spiro atoms. The molecule has 2 aromatic rings. The van der Waals surface area contributed by atoms with Gasteiger partial charge in [0.05, 0.1) is 0 Å². The number of hydrogen-bond donors (Lipinski definition) is 0. The molecule has 0 bridgehead atoms.